The Morgan fingerprint density at radius 1 is 0.913 bits per heavy atom. The van der Waals surface area contributed by atoms with Crippen LogP contribution in [0.5, 0.6) is 0 Å². The van der Waals surface area contributed by atoms with Gasteiger partial charge in [0.25, 0.3) is 5.91 Å². The molecule has 0 aliphatic carbocycles. The van der Waals surface area contributed by atoms with Crippen LogP contribution in [0.3, 0.4) is 0 Å². The molecule has 0 aliphatic rings. The predicted octanol–water partition coefficient (Wildman–Crippen LogP) is 2.74. The van der Waals surface area contributed by atoms with Crippen molar-refractivity contribution in [1.82, 2.24) is 10.6 Å². The Bertz CT molecular complexity index is 678. The highest BCUT2D eigenvalue weighted by Gasteiger charge is 2.08. The van der Waals surface area contributed by atoms with Crippen LogP contribution in [0, 0.1) is 13.8 Å². The second-order valence-electron chi connectivity index (χ2n) is 5.58. The highest BCUT2D eigenvalue weighted by atomic mass is 16.2. The first kappa shape index (κ1) is 16.7. The fourth-order valence-corrected chi connectivity index (χ4v) is 2.21. The normalized spacial score (nSPS) is 10.2. The van der Waals surface area contributed by atoms with Crippen LogP contribution in [-0.2, 0) is 11.3 Å². The van der Waals surface area contributed by atoms with E-state index in [1.54, 1.807) is 6.07 Å². The number of hydrogen-bond donors (Lipinski definition) is 2. The standard InChI is InChI=1S/C19H22N2O2/c1-14-7-9-16(10-8-14)13-21-18(22)11-12-20-19(23)17-6-4-3-5-15(17)2/h3-10H,11-13H2,1-2H3,(H,20,23)(H,21,22). The zero-order chi connectivity index (χ0) is 16.7. The molecule has 4 heteroatoms. The number of carbonyl (C=O) groups is 2. The van der Waals surface area contributed by atoms with Crippen LogP contribution in [0.4, 0.5) is 0 Å². The van der Waals surface area contributed by atoms with E-state index in [0.29, 0.717) is 18.7 Å². The van der Waals surface area contributed by atoms with Crippen molar-refractivity contribution in [3.63, 3.8) is 0 Å². The summed E-state index contributed by atoms with van der Waals surface area (Å²) >= 11 is 0. The van der Waals surface area contributed by atoms with Crippen molar-refractivity contribution in [3.8, 4) is 0 Å². The van der Waals surface area contributed by atoms with E-state index in [0.717, 1.165) is 11.1 Å². The van der Waals surface area contributed by atoms with Crippen molar-refractivity contribution in [2.75, 3.05) is 6.54 Å². The second-order valence-corrected chi connectivity index (χ2v) is 5.58. The molecule has 2 aromatic carbocycles. The van der Waals surface area contributed by atoms with Gasteiger partial charge in [0.1, 0.15) is 0 Å². The van der Waals surface area contributed by atoms with Gasteiger partial charge in [-0.2, -0.15) is 0 Å². The molecule has 0 aliphatic heterocycles. The fourth-order valence-electron chi connectivity index (χ4n) is 2.21. The maximum absolute atomic E-state index is 12.0. The summed E-state index contributed by atoms with van der Waals surface area (Å²) < 4.78 is 0. The van der Waals surface area contributed by atoms with Crippen molar-refractivity contribution in [2.24, 2.45) is 0 Å². The summed E-state index contributed by atoms with van der Waals surface area (Å²) in [5, 5.41) is 5.63. The minimum Gasteiger partial charge on any atom is -0.352 e. The molecule has 120 valence electrons. The molecule has 0 aromatic heterocycles. The lowest BCUT2D eigenvalue weighted by molar-refractivity contribution is -0.121. The van der Waals surface area contributed by atoms with Crippen LogP contribution in [0.2, 0.25) is 0 Å². The summed E-state index contributed by atoms with van der Waals surface area (Å²) in [7, 11) is 0. The van der Waals surface area contributed by atoms with Gasteiger partial charge in [0.2, 0.25) is 5.91 Å². The predicted molar refractivity (Wildman–Crippen MR) is 91.2 cm³/mol. The zero-order valence-electron chi connectivity index (χ0n) is 13.6. The molecule has 0 unspecified atom stereocenters. The maximum Gasteiger partial charge on any atom is 0.251 e. The zero-order valence-corrected chi connectivity index (χ0v) is 13.6. The van der Waals surface area contributed by atoms with E-state index >= 15 is 0 Å². The number of nitrogens with one attached hydrogen (secondary N) is 2. The summed E-state index contributed by atoms with van der Waals surface area (Å²) in [5.74, 6) is -0.218. The van der Waals surface area contributed by atoms with E-state index < -0.39 is 0 Å². The quantitative estimate of drug-likeness (QED) is 0.862. The summed E-state index contributed by atoms with van der Waals surface area (Å²) in [6.45, 7) is 4.75. The average Bonchev–Trinajstić information content (AvgIpc) is 2.54. The molecule has 4 nitrogen and oxygen atoms in total. The SMILES string of the molecule is Cc1ccc(CNC(=O)CCNC(=O)c2ccccc2C)cc1. The van der Waals surface area contributed by atoms with Crippen LogP contribution in [0.1, 0.15) is 33.5 Å². The van der Waals surface area contributed by atoms with E-state index in [4.69, 9.17) is 0 Å². The number of benzene rings is 2. The summed E-state index contributed by atoms with van der Waals surface area (Å²) in [4.78, 5) is 23.8. The lowest BCUT2D eigenvalue weighted by Crippen LogP contribution is -2.30. The van der Waals surface area contributed by atoms with Gasteiger partial charge in [0.15, 0.2) is 0 Å². The number of amides is 2. The van der Waals surface area contributed by atoms with E-state index in [9.17, 15) is 9.59 Å². The Balaban J connectivity index is 1.71. The van der Waals surface area contributed by atoms with Crippen molar-refractivity contribution in [2.45, 2.75) is 26.8 Å². The molecule has 2 N–H and O–H groups in total. The third-order valence-electron chi connectivity index (χ3n) is 3.64. The molecule has 0 heterocycles. The molecule has 0 saturated heterocycles. The molecule has 0 spiro atoms. The number of rotatable bonds is 6. The molecular formula is C19H22N2O2. The lowest BCUT2D eigenvalue weighted by atomic mass is 10.1. The van der Waals surface area contributed by atoms with Crippen molar-refractivity contribution < 1.29 is 9.59 Å². The first-order valence-corrected chi connectivity index (χ1v) is 7.72. The Kier molecular flexibility index (Phi) is 5.92. The Morgan fingerprint density at radius 2 is 1.61 bits per heavy atom. The minimum absolute atomic E-state index is 0.0735. The van der Waals surface area contributed by atoms with Gasteiger partial charge in [0, 0.05) is 25.1 Å². The summed E-state index contributed by atoms with van der Waals surface area (Å²) in [6, 6.07) is 15.4. The lowest BCUT2D eigenvalue weighted by Gasteiger charge is -2.08. The van der Waals surface area contributed by atoms with Crippen LogP contribution >= 0.6 is 0 Å². The molecule has 0 fully saturated rings. The van der Waals surface area contributed by atoms with E-state index in [-0.39, 0.29) is 18.2 Å². The van der Waals surface area contributed by atoms with Gasteiger partial charge < -0.3 is 10.6 Å². The Hall–Kier alpha value is -2.62. The topological polar surface area (TPSA) is 58.2 Å². The van der Waals surface area contributed by atoms with E-state index in [1.165, 1.54) is 5.56 Å². The second kappa shape index (κ2) is 8.13. The maximum atomic E-state index is 12.0. The third kappa shape index (κ3) is 5.25. The van der Waals surface area contributed by atoms with Gasteiger partial charge in [-0.05, 0) is 31.0 Å². The van der Waals surface area contributed by atoms with Gasteiger partial charge in [-0.3, -0.25) is 9.59 Å². The largest absolute Gasteiger partial charge is 0.352 e. The molecule has 2 rings (SSSR count). The molecular weight excluding hydrogens is 288 g/mol. The first-order valence-electron chi connectivity index (χ1n) is 7.72. The van der Waals surface area contributed by atoms with Crippen LogP contribution < -0.4 is 10.6 Å². The third-order valence-corrected chi connectivity index (χ3v) is 3.64. The fraction of sp³-hybridized carbons (Fsp3) is 0.263. The molecule has 23 heavy (non-hydrogen) atoms. The van der Waals surface area contributed by atoms with Gasteiger partial charge in [-0.25, -0.2) is 0 Å². The first-order chi connectivity index (χ1) is 11.1. The number of aryl methyl sites for hydroxylation is 2. The van der Waals surface area contributed by atoms with Crippen molar-refractivity contribution >= 4 is 11.8 Å². The van der Waals surface area contributed by atoms with Crippen molar-refractivity contribution in [3.05, 3.63) is 70.8 Å². The van der Waals surface area contributed by atoms with Gasteiger partial charge >= 0.3 is 0 Å². The van der Waals surface area contributed by atoms with Gasteiger partial charge in [-0.15, -0.1) is 0 Å². The van der Waals surface area contributed by atoms with Crippen molar-refractivity contribution in [1.29, 1.82) is 0 Å². The smallest absolute Gasteiger partial charge is 0.251 e. The molecule has 0 bridgehead atoms. The molecule has 2 aromatic rings. The van der Waals surface area contributed by atoms with E-state index in [1.807, 2.05) is 56.3 Å². The molecule has 0 atom stereocenters. The van der Waals surface area contributed by atoms with Gasteiger partial charge in [-0.1, -0.05) is 48.0 Å². The summed E-state index contributed by atoms with van der Waals surface area (Å²) in [5.41, 5.74) is 3.83. The minimum atomic E-state index is -0.144. The summed E-state index contributed by atoms with van der Waals surface area (Å²) in [6.07, 6.45) is 0.267. The Labute approximate surface area is 136 Å². The Morgan fingerprint density at radius 3 is 2.30 bits per heavy atom. The van der Waals surface area contributed by atoms with E-state index in [2.05, 4.69) is 10.6 Å². The van der Waals surface area contributed by atoms with Crippen LogP contribution in [0.25, 0.3) is 0 Å². The number of hydrogen-bond acceptors (Lipinski definition) is 2. The highest BCUT2D eigenvalue weighted by Crippen LogP contribution is 2.06. The van der Waals surface area contributed by atoms with Gasteiger partial charge in [0.05, 0.1) is 0 Å². The highest BCUT2D eigenvalue weighted by molar-refractivity contribution is 5.95. The molecule has 0 saturated carbocycles. The molecule has 0 radical (unpaired) electrons. The van der Waals surface area contributed by atoms with Crippen LogP contribution in [-0.4, -0.2) is 18.4 Å². The molecule has 2 amide bonds. The monoisotopic (exact) mass is 310 g/mol. The number of carbonyl (C=O) groups excluding carboxylic acids is 2. The van der Waals surface area contributed by atoms with Crippen LogP contribution in [0.15, 0.2) is 48.5 Å². The average molecular weight is 310 g/mol.